The number of ether oxygens (including phenoxy) is 1. The monoisotopic (exact) mass is 293 g/mol. The Bertz CT molecular complexity index is 566. The predicted octanol–water partition coefficient (Wildman–Crippen LogP) is 3.09. The number of benzene rings is 1. The van der Waals surface area contributed by atoms with Gasteiger partial charge in [-0.1, -0.05) is 31.5 Å². The summed E-state index contributed by atoms with van der Waals surface area (Å²) in [6.45, 7) is 5.68. The summed E-state index contributed by atoms with van der Waals surface area (Å²) in [5.74, 6) is 0.800. The zero-order valence-corrected chi connectivity index (χ0v) is 12.8. The third kappa shape index (κ3) is 3.52. The van der Waals surface area contributed by atoms with Gasteiger partial charge in [0.05, 0.1) is 25.7 Å². The van der Waals surface area contributed by atoms with Crippen LogP contribution in [0.2, 0.25) is 5.02 Å². The van der Waals surface area contributed by atoms with Crippen LogP contribution in [0.5, 0.6) is 5.75 Å². The zero-order chi connectivity index (χ0) is 14.5. The third-order valence-corrected chi connectivity index (χ3v) is 3.47. The molecule has 0 saturated carbocycles. The van der Waals surface area contributed by atoms with E-state index in [4.69, 9.17) is 16.3 Å². The maximum absolute atomic E-state index is 6.28. The van der Waals surface area contributed by atoms with Gasteiger partial charge in [0.2, 0.25) is 0 Å². The van der Waals surface area contributed by atoms with E-state index in [2.05, 4.69) is 28.7 Å². The molecule has 2 aromatic rings. The number of hydrogen-bond donors (Lipinski definition) is 1. The van der Waals surface area contributed by atoms with Gasteiger partial charge < -0.3 is 14.6 Å². The van der Waals surface area contributed by atoms with Crippen molar-refractivity contribution in [2.75, 3.05) is 7.11 Å². The quantitative estimate of drug-likeness (QED) is 0.889. The number of nitrogens with zero attached hydrogens (tertiary/aromatic N) is 2. The first-order chi connectivity index (χ1) is 9.61. The molecule has 0 aliphatic rings. The van der Waals surface area contributed by atoms with Gasteiger partial charge in [0.1, 0.15) is 5.75 Å². The van der Waals surface area contributed by atoms with Crippen LogP contribution < -0.4 is 10.1 Å². The SMILES string of the molecule is COc1cccc(Cl)c1Cn1cncc1CNC(C)C. The highest BCUT2D eigenvalue weighted by Gasteiger charge is 2.10. The average molecular weight is 294 g/mol. The normalized spacial score (nSPS) is 11.1. The highest BCUT2D eigenvalue weighted by atomic mass is 35.5. The minimum Gasteiger partial charge on any atom is -0.496 e. The molecule has 2 rings (SSSR count). The van der Waals surface area contributed by atoms with Crippen molar-refractivity contribution in [1.29, 1.82) is 0 Å². The molecule has 0 bridgehead atoms. The van der Waals surface area contributed by atoms with E-state index in [-0.39, 0.29) is 0 Å². The fourth-order valence-electron chi connectivity index (χ4n) is 2.00. The Morgan fingerprint density at radius 3 is 2.90 bits per heavy atom. The Hall–Kier alpha value is -1.52. The third-order valence-electron chi connectivity index (χ3n) is 3.11. The molecule has 0 radical (unpaired) electrons. The predicted molar refractivity (Wildman–Crippen MR) is 81.3 cm³/mol. The molecule has 1 heterocycles. The summed E-state index contributed by atoms with van der Waals surface area (Å²) in [6, 6.07) is 6.13. The Labute approximate surface area is 124 Å². The lowest BCUT2D eigenvalue weighted by atomic mass is 10.2. The van der Waals surface area contributed by atoms with E-state index >= 15 is 0 Å². The largest absolute Gasteiger partial charge is 0.496 e. The lowest BCUT2D eigenvalue weighted by Gasteiger charge is -2.14. The summed E-state index contributed by atoms with van der Waals surface area (Å²) in [5.41, 5.74) is 2.10. The second-order valence-corrected chi connectivity index (χ2v) is 5.38. The highest BCUT2D eigenvalue weighted by molar-refractivity contribution is 6.31. The van der Waals surface area contributed by atoms with Crippen molar-refractivity contribution >= 4 is 11.6 Å². The number of nitrogens with one attached hydrogen (secondary N) is 1. The summed E-state index contributed by atoms with van der Waals surface area (Å²) < 4.78 is 7.46. The molecule has 0 unspecified atom stereocenters. The van der Waals surface area contributed by atoms with Crippen molar-refractivity contribution in [2.24, 2.45) is 0 Å². The molecular weight excluding hydrogens is 274 g/mol. The summed E-state index contributed by atoms with van der Waals surface area (Å²) in [6.07, 6.45) is 3.69. The molecule has 4 nitrogen and oxygen atoms in total. The Balaban J connectivity index is 2.20. The van der Waals surface area contributed by atoms with Gasteiger partial charge in [0.15, 0.2) is 0 Å². The smallest absolute Gasteiger partial charge is 0.125 e. The number of halogens is 1. The van der Waals surface area contributed by atoms with Gasteiger partial charge >= 0.3 is 0 Å². The van der Waals surface area contributed by atoms with Crippen LogP contribution in [-0.4, -0.2) is 22.7 Å². The van der Waals surface area contributed by atoms with Crippen LogP contribution in [-0.2, 0) is 13.1 Å². The van der Waals surface area contributed by atoms with E-state index in [1.54, 1.807) is 7.11 Å². The second kappa shape index (κ2) is 6.77. The van der Waals surface area contributed by atoms with Crippen LogP contribution in [0, 0.1) is 0 Å². The molecule has 5 heteroatoms. The molecule has 0 spiro atoms. The first-order valence-electron chi connectivity index (χ1n) is 6.65. The van der Waals surface area contributed by atoms with Gasteiger partial charge in [-0.05, 0) is 12.1 Å². The second-order valence-electron chi connectivity index (χ2n) is 4.97. The molecule has 0 fully saturated rings. The van der Waals surface area contributed by atoms with E-state index in [1.165, 1.54) is 0 Å². The molecular formula is C15H20ClN3O. The topological polar surface area (TPSA) is 39.1 Å². The highest BCUT2D eigenvalue weighted by Crippen LogP contribution is 2.27. The molecule has 108 valence electrons. The van der Waals surface area contributed by atoms with Crippen molar-refractivity contribution in [2.45, 2.75) is 33.0 Å². The standard InChI is InChI=1S/C15H20ClN3O/c1-11(2)18-8-12-7-17-10-19(12)9-13-14(16)5-4-6-15(13)20-3/h4-7,10-11,18H,8-9H2,1-3H3. The molecule has 0 aliphatic heterocycles. The van der Waals surface area contributed by atoms with Crippen molar-refractivity contribution in [3.63, 3.8) is 0 Å². The maximum atomic E-state index is 6.28. The van der Waals surface area contributed by atoms with Gasteiger partial charge in [-0.2, -0.15) is 0 Å². The van der Waals surface area contributed by atoms with Crippen molar-refractivity contribution in [1.82, 2.24) is 14.9 Å². The van der Waals surface area contributed by atoms with Crippen LogP contribution in [0.3, 0.4) is 0 Å². The summed E-state index contributed by atoms with van der Waals surface area (Å²) in [7, 11) is 1.66. The van der Waals surface area contributed by atoms with Crippen LogP contribution >= 0.6 is 11.6 Å². The van der Waals surface area contributed by atoms with E-state index in [0.717, 1.165) is 23.6 Å². The molecule has 1 N–H and O–H groups in total. The summed E-state index contributed by atoms with van der Waals surface area (Å²) in [5, 5.41) is 4.10. The molecule has 0 saturated heterocycles. The van der Waals surface area contributed by atoms with Crippen LogP contribution in [0.4, 0.5) is 0 Å². The molecule has 0 aliphatic carbocycles. The summed E-state index contributed by atoms with van der Waals surface area (Å²) >= 11 is 6.28. The van der Waals surface area contributed by atoms with E-state index in [9.17, 15) is 0 Å². The van der Waals surface area contributed by atoms with E-state index < -0.39 is 0 Å². The Morgan fingerprint density at radius 2 is 2.20 bits per heavy atom. The first-order valence-corrected chi connectivity index (χ1v) is 7.03. The van der Waals surface area contributed by atoms with Gasteiger partial charge in [-0.3, -0.25) is 0 Å². The van der Waals surface area contributed by atoms with Crippen molar-refractivity contribution < 1.29 is 4.74 Å². The first kappa shape index (κ1) is 14.9. The van der Waals surface area contributed by atoms with Crippen LogP contribution in [0.15, 0.2) is 30.7 Å². The number of imidazole rings is 1. The minimum absolute atomic E-state index is 0.438. The molecule has 0 atom stereocenters. The number of methoxy groups -OCH3 is 1. The van der Waals surface area contributed by atoms with E-state index in [0.29, 0.717) is 17.6 Å². The summed E-state index contributed by atoms with van der Waals surface area (Å²) in [4.78, 5) is 4.22. The van der Waals surface area contributed by atoms with E-state index in [1.807, 2.05) is 30.7 Å². The van der Waals surface area contributed by atoms with Gasteiger partial charge in [0, 0.05) is 29.4 Å². The van der Waals surface area contributed by atoms with Gasteiger partial charge in [-0.15, -0.1) is 0 Å². The zero-order valence-electron chi connectivity index (χ0n) is 12.1. The Kier molecular flexibility index (Phi) is 5.04. The van der Waals surface area contributed by atoms with Gasteiger partial charge in [0.25, 0.3) is 0 Å². The molecule has 1 aromatic carbocycles. The number of hydrogen-bond acceptors (Lipinski definition) is 3. The fourth-order valence-corrected chi connectivity index (χ4v) is 2.23. The lowest BCUT2D eigenvalue weighted by molar-refractivity contribution is 0.408. The van der Waals surface area contributed by atoms with Crippen molar-refractivity contribution in [3.8, 4) is 5.75 Å². The Morgan fingerprint density at radius 1 is 1.40 bits per heavy atom. The lowest BCUT2D eigenvalue weighted by Crippen LogP contribution is -2.23. The van der Waals surface area contributed by atoms with Gasteiger partial charge in [-0.25, -0.2) is 4.98 Å². The fraction of sp³-hybridized carbons (Fsp3) is 0.400. The minimum atomic E-state index is 0.438. The maximum Gasteiger partial charge on any atom is 0.125 e. The van der Waals surface area contributed by atoms with Crippen molar-refractivity contribution in [3.05, 3.63) is 47.0 Å². The number of rotatable bonds is 6. The number of aromatic nitrogens is 2. The van der Waals surface area contributed by atoms with Crippen LogP contribution in [0.1, 0.15) is 25.1 Å². The average Bonchev–Trinajstić information content (AvgIpc) is 2.86. The molecule has 0 amide bonds. The molecule has 1 aromatic heterocycles. The van der Waals surface area contributed by atoms with Crippen LogP contribution in [0.25, 0.3) is 0 Å². The molecule has 20 heavy (non-hydrogen) atoms.